The lowest BCUT2D eigenvalue weighted by atomic mass is 9.98. The van der Waals surface area contributed by atoms with E-state index in [-0.39, 0.29) is 0 Å². The zero-order valence-electron chi connectivity index (χ0n) is 14.1. The van der Waals surface area contributed by atoms with E-state index in [1.165, 1.54) is 24.0 Å². The third kappa shape index (κ3) is 4.66. The smallest absolute Gasteiger partial charge is 0.0265 e. The van der Waals surface area contributed by atoms with Crippen LogP contribution in [0.25, 0.3) is 0 Å². The van der Waals surface area contributed by atoms with Crippen molar-refractivity contribution in [1.29, 1.82) is 0 Å². The van der Waals surface area contributed by atoms with Crippen LogP contribution in [0.1, 0.15) is 30.9 Å². The first-order valence-corrected chi connectivity index (χ1v) is 8.90. The van der Waals surface area contributed by atoms with Crippen molar-refractivity contribution in [3.8, 4) is 0 Å². The third-order valence-electron chi connectivity index (χ3n) is 4.79. The Morgan fingerprint density at radius 2 is 1.61 bits per heavy atom. The highest BCUT2D eigenvalue weighted by Crippen LogP contribution is 2.18. The van der Waals surface area contributed by atoms with E-state index in [1.807, 2.05) is 0 Å². The molecule has 23 heavy (non-hydrogen) atoms. The maximum absolute atomic E-state index is 3.76. The fourth-order valence-corrected chi connectivity index (χ4v) is 3.57. The molecule has 1 aliphatic rings. The molecule has 122 valence electrons. The predicted octanol–water partition coefficient (Wildman–Crippen LogP) is 3.87. The van der Waals surface area contributed by atoms with Crippen LogP contribution in [0.4, 0.5) is 0 Å². The number of piperazine rings is 1. The summed E-state index contributed by atoms with van der Waals surface area (Å²) in [4.78, 5) is 2.68. The molecule has 1 saturated heterocycles. The van der Waals surface area contributed by atoms with Crippen LogP contribution < -0.4 is 5.32 Å². The van der Waals surface area contributed by atoms with Gasteiger partial charge in [0.05, 0.1) is 0 Å². The van der Waals surface area contributed by atoms with E-state index in [4.69, 9.17) is 0 Å². The molecule has 3 rings (SSSR count). The highest BCUT2D eigenvalue weighted by Gasteiger charge is 2.27. The van der Waals surface area contributed by atoms with Gasteiger partial charge < -0.3 is 5.32 Å². The zero-order valence-corrected chi connectivity index (χ0v) is 14.1. The lowest BCUT2D eigenvalue weighted by molar-refractivity contribution is 0.118. The topological polar surface area (TPSA) is 15.3 Å². The van der Waals surface area contributed by atoms with E-state index >= 15 is 0 Å². The van der Waals surface area contributed by atoms with Crippen molar-refractivity contribution < 1.29 is 0 Å². The van der Waals surface area contributed by atoms with Gasteiger partial charge in [-0.2, -0.15) is 0 Å². The van der Waals surface area contributed by atoms with Crippen molar-refractivity contribution in [2.45, 2.75) is 44.8 Å². The van der Waals surface area contributed by atoms with E-state index in [2.05, 4.69) is 77.8 Å². The summed E-state index contributed by atoms with van der Waals surface area (Å²) < 4.78 is 0. The summed E-state index contributed by atoms with van der Waals surface area (Å²) in [6.07, 6.45) is 3.64. The maximum Gasteiger partial charge on any atom is 0.0265 e. The Balaban J connectivity index is 1.70. The van der Waals surface area contributed by atoms with Gasteiger partial charge in [-0.1, -0.05) is 74.0 Å². The fourth-order valence-electron chi connectivity index (χ4n) is 3.57. The average molecular weight is 308 g/mol. The normalized spacial score (nSPS) is 22.1. The highest BCUT2D eigenvalue weighted by atomic mass is 15.2. The van der Waals surface area contributed by atoms with Gasteiger partial charge in [-0.05, 0) is 24.0 Å². The largest absolute Gasteiger partial charge is 0.311 e. The van der Waals surface area contributed by atoms with Gasteiger partial charge in [0, 0.05) is 31.7 Å². The van der Waals surface area contributed by atoms with E-state index in [9.17, 15) is 0 Å². The van der Waals surface area contributed by atoms with Gasteiger partial charge in [0.2, 0.25) is 0 Å². The van der Waals surface area contributed by atoms with Gasteiger partial charge in [0.1, 0.15) is 0 Å². The van der Waals surface area contributed by atoms with E-state index in [0.717, 1.165) is 26.1 Å². The molecule has 2 nitrogen and oxygen atoms in total. The minimum Gasteiger partial charge on any atom is -0.311 e. The Labute approximate surface area is 140 Å². The zero-order chi connectivity index (χ0) is 15.9. The summed E-state index contributed by atoms with van der Waals surface area (Å²) in [6, 6.07) is 23.0. The van der Waals surface area contributed by atoms with Gasteiger partial charge in [-0.3, -0.25) is 4.90 Å². The summed E-state index contributed by atoms with van der Waals surface area (Å²) in [5, 5.41) is 3.76. The molecule has 1 fully saturated rings. The highest BCUT2D eigenvalue weighted by molar-refractivity contribution is 5.18. The molecule has 0 spiro atoms. The van der Waals surface area contributed by atoms with Gasteiger partial charge in [0.25, 0.3) is 0 Å². The van der Waals surface area contributed by atoms with Crippen molar-refractivity contribution in [2.24, 2.45) is 0 Å². The Morgan fingerprint density at radius 1 is 0.957 bits per heavy atom. The first-order chi connectivity index (χ1) is 11.3. The molecule has 0 bridgehead atoms. The quantitative estimate of drug-likeness (QED) is 0.871. The molecular formula is C21H28N2. The summed E-state index contributed by atoms with van der Waals surface area (Å²) in [6.45, 7) is 5.58. The van der Waals surface area contributed by atoms with Crippen LogP contribution in [0.15, 0.2) is 60.7 Å². The average Bonchev–Trinajstić information content (AvgIpc) is 2.59. The maximum atomic E-state index is 3.76. The number of hydrogen-bond donors (Lipinski definition) is 1. The standard InChI is InChI=1S/C21H28N2/c1-2-9-20-17-23(16-19-12-7-4-8-13-19)21(15-22-20)14-18-10-5-3-6-11-18/h3-8,10-13,20-22H,2,9,14-17H2,1H3. The molecule has 2 aromatic carbocycles. The van der Waals surface area contributed by atoms with Crippen LogP contribution in [0.2, 0.25) is 0 Å². The Bertz CT molecular complexity index is 567. The van der Waals surface area contributed by atoms with Crippen molar-refractivity contribution in [3.63, 3.8) is 0 Å². The molecule has 0 aliphatic carbocycles. The lowest BCUT2D eigenvalue weighted by Crippen LogP contribution is -2.56. The number of rotatable bonds is 6. The Hall–Kier alpha value is -1.64. The summed E-state index contributed by atoms with van der Waals surface area (Å²) in [5.74, 6) is 0. The predicted molar refractivity (Wildman–Crippen MR) is 97.5 cm³/mol. The van der Waals surface area contributed by atoms with E-state index < -0.39 is 0 Å². The van der Waals surface area contributed by atoms with Gasteiger partial charge in [0.15, 0.2) is 0 Å². The SMILES string of the molecule is CCCC1CN(Cc2ccccc2)C(Cc2ccccc2)CN1. The minimum atomic E-state index is 0.575. The van der Waals surface area contributed by atoms with Crippen LogP contribution in [0.3, 0.4) is 0 Å². The van der Waals surface area contributed by atoms with Crippen molar-refractivity contribution >= 4 is 0 Å². The second kappa shape index (κ2) is 8.28. The molecule has 0 saturated carbocycles. The van der Waals surface area contributed by atoms with Crippen molar-refractivity contribution in [1.82, 2.24) is 10.2 Å². The number of nitrogens with zero attached hydrogens (tertiary/aromatic N) is 1. The van der Waals surface area contributed by atoms with Crippen LogP contribution in [-0.2, 0) is 13.0 Å². The molecule has 2 aromatic rings. The summed E-state index contributed by atoms with van der Waals surface area (Å²) in [5.41, 5.74) is 2.86. The Kier molecular flexibility index (Phi) is 5.84. The first-order valence-electron chi connectivity index (χ1n) is 8.90. The number of nitrogens with one attached hydrogen (secondary N) is 1. The molecule has 0 amide bonds. The minimum absolute atomic E-state index is 0.575. The van der Waals surface area contributed by atoms with Crippen molar-refractivity contribution in [3.05, 3.63) is 71.8 Å². The molecule has 0 radical (unpaired) electrons. The molecule has 1 heterocycles. The molecule has 0 aromatic heterocycles. The lowest BCUT2D eigenvalue weighted by Gasteiger charge is -2.41. The number of benzene rings is 2. The first kappa shape index (κ1) is 16.2. The van der Waals surface area contributed by atoms with Crippen LogP contribution in [0.5, 0.6) is 0 Å². The molecular weight excluding hydrogens is 280 g/mol. The molecule has 1 aliphatic heterocycles. The molecule has 2 heteroatoms. The molecule has 2 atom stereocenters. The summed E-state index contributed by atoms with van der Waals surface area (Å²) in [7, 11) is 0. The summed E-state index contributed by atoms with van der Waals surface area (Å²) >= 11 is 0. The van der Waals surface area contributed by atoms with E-state index in [1.54, 1.807) is 0 Å². The van der Waals surface area contributed by atoms with Crippen LogP contribution in [-0.4, -0.2) is 30.1 Å². The van der Waals surface area contributed by atoms with Crippen LogP contribution in [0, 0.1) is 0 Å². The second-order valence-corrected chi connectivity index (χ2v) is 6.65. The fraction of sp³-hybridized carbons (Fsp3) is 0.429. The van der Waals surface area contributed by atoms with Gasteiger partial charge in [-0.15, -0.1) is 0 Å². The molecule has 1 N–H and O–H groups in total. The third-order valence-corrected chi connectivity index (χ3v) is 4.79. The van der Waals surface area contributed by atoms with Crippen LogP contribution >= 0.6 is 0 Å². The second-order valence-electron chi connectivity index (χ2n) is 6.65. The van der Waals surface area contributed by atoms with Gasteiger partial charge >= 0.3 is 0 Å². The monoisotopic (exact) mass is 308 g/mol. The van der Waals surface area contributed by atoms with Crippen molar-refractivity contribution in [2.75, 3.05) is 13.1 Å². The Morgan fingerprint density at radius 3 is 2.26 bits per heavy atom. The van der Waals surface area contributed by atoms with Gasteiger partial charge in [-0.25, -0.2) is 0 Å². The van der Waals surface area contributed by atoms with E-state index in [0.29, 0.717) is 12.1 Å². The number of hydrogen-bond acceptors (Lipinski definition) is 2. The molecule has 2 unspecified atom stereocenters.